The summed E-state index contributed by atoms with van der Waals surface area (Å²) < 4.78 is 20.7. The second-order valence-electron chi connectivity index (χ2n) is 7.53. The smallest absolute Gasteiger partial charge is 0.338 e. The van der Waals surface area contributed by atoms with E-state index in [9.17, 15) is 45.6 Å². The van der Waals surface area contributed by atoms with Crippen molar-refractivity contribution in [3.05, 3.63) is 0 Å². The number of rotatable bonds is 7. The van der Waals surface area contributed by atoms with Crippen molar-refractivity contribution in [2.75, 3.05) is 13.2 Å². The molecule has 2 aliphatic heterocycles. The van der Waals surface area contributed by atoms with E-state index in [-0.39, 0.29) is 0 Å². The molecule has 0 aromatic heterocycles. The third kappa shape index (κ3) is 5.26. The van der Waals surface area contributed by atoms with Crippen LogP contribution < -0.4 is 0 Å². The number of hydrogen-bond donors (Lipinski definition) is 8. The van der Waals surface area contributed by atoms with Gasteiger partial charge >= 0.3 is 5.97 Å². The largest absolute Gasteiger partial charge is 0.461 e. The number of carbonyl (C=O) groups excluding carboxylic acids is 1. The van der Waals surface area contributed by atoms with Crippen LogP contribution in [0, 0.1) is 0 Å². The molecule has 2 saturated heterocycles. The van der Waals surface area contributed by atoms with Gasteiger partial charge in [-0.1, -0.05) is 0 Å². The summed E-state index contributed by atoms with van der Waals surface area (Å²) in [5, 5.41) is 79.5. The Bertz CT molecular complexity index is 556. The van der Waals surface area contributed by atoms with Gasteiger partial charge in [-0.25, -0.2) is 4.79 Å². The maximum atomic E-state index is 11.9. The molecule has 13 heteroatoms. The third-order valence-electron chi connectivity index (χ3n) is 4.95. The molecule has 0 spiro atoms. The Labute approximate surface area is 172 Å². The fraction of sp³-hybridized carbons (Fsp3) is 0.941. The summed E-state index contributed by atoms with van der Waals surface area (Å²) in [5.74, 6) is -1.11. The molecule has 8 N–H and O–H groups in total. The van der Waals surface area contributed by atoms with Gasteiger partial charge in [0.25, 0.3) is 0 Å². The van der Waals surface area contributed by atoms with E-state index in [1.54, 1.807) is 13.8 Å². The van der Waals surface area contributed by atoms with Crippen LogP contribution in [0.2, 0.25) is 0 Å². The molecule has 13 nitrogen and oxygen atoms in total. The molecule has 0 aromatic rings. The Morgan fingerprint density at radius 1 is 0.867 bits per heavy atom. The molecule has 176 valence electrons. The quantitative estimate of drug-likeness (QED) is 0.173. The molecule has 2 rings (SSSR count). The number of ether oxygens (including phenoxy) is 4. The van der Waals surface area contributed by atoms with Crippen LogP contribution >= 0.6 is 0 Å². The van der Waals surface area contributed by atoms with Crippen LogP contribution in [-0.2, 0) is 23.7 Å². The predicted molar refractivity (Wildman–Crippen MR) is 93.6 cm³/mol. The van der Waals surface area contributed by atoms with Gasteiger partial charge in [-0.3, -0.25) is 0 Å². The number of esters is 1. The standard InChI is InChI=1S/C17H30O13/c1-5(2)27-16(26)13(25)15-11(23)10(22)14(7(4-19)28-15)30-17-12(24)9(21)8(20)6(3-18)29-17/h5-15,17-25H,3-4H2,1-2H3/t6-,7-,8+,9+,10-,11-,12-,13?,14-,15?,17?/m1/s1. The van der Waals surface area contributed by atoms with Crippen molar-refractivity contribution in [2.24, 2.45) is 0 Å². The van der Waals surface area contributed by atoms with Crippen molar-refractivity contribution in [1.82, 2.24) is 0 Å². The first-order chi connectivity index (χ1) is 14.0. The summed E-state index contributed by atoms with van der Waals surface area (Å²) in [6.45, 7) is 1.58. The lowest BCUT2D eigenvalue weighted by Gasteiger charge is -2.46. The van der Waals surface area contributed by atoms with Gasteiger partial charge in [-0.2, -0.15) is 0 Å². The minimum Gasteiger partial charge on any atom is -0.461 e. The van der Waals surface area contributed by atoms with E-state index in [1.165, 1.54) is 0 Å². The summed E-state index contributed by atoms with van der Waals surface area (Å²) in [4.78, 5) is 11.9. The molecule has 0 amide bonds. The highest BCUT2D eigenvalue weighted by atomic mass is 16.7. The van der Waals surface area contributed by atoms with Crippen LogP contribution in [0.25, 0.3) is 0 Å². The van der Waals surface area contributed by atoms with E-state index < -0.39 is 92.6 Å². The first-order valence-electron chi connectivity index (χ1n) is 9.50. The van der Waals surface area contributed by atoms with E-state index in [1.807, 2.05) is 0 Å². The molecule has 0 aliphatic carbocycles. The van der Waals surface area contributed by atoms with Crippen molar-refractivity contribution in [1.29, 1.82) is 0 Å². The number of aliphatic hydroxyl groups excluding tert-OH is 8. The molecular formula is C17H30O13. The van der Waals surface area contributed by atoms with E-state index in [4.69, 9.17) is 18.9 Å². The second kappa shape index (κ2) is 10.6. The van der Waals surface area contributed by atoms with E-state index in [0.717, 1.165) is 0 Å². The predicted octanol–water partition coefficient (Wildman–Crippen LogP) is -5.03. The van der Waals surface area contributed by atoms with Crippen molar-refractivity contribution >= 4 is 5.97 Å². The summed E-state index contributed by atoms with van der Waals surface area (Å²) >= 11 is 0. The molecule has 3 unspecified atom stereocenters. The average Bonchev–Trinajstić information content (AvgIpc) is 2.70. The Balaban J connectivity index is 2.14. The summed E-state index contributed by atoms with van der Waals surface area (Å²) in [6.07, 6.45) is -18.9. The summed E-state index contributed by atoms with van der Waals surface area (Å²) in [5.41, 5.74) is 0. The molecule has 2 fully saturated rings. The first-order valence-corrected chi connectivity index (χ1v) is 9.50. The van der Waals surface area contributed by atoms with Gasteiger partial charge in [0.15, 0.2) is 12.4 Å². The molecule has 30 heavy (non-hydrogen) atoms. The molecule has 2 aliphatic rings. The maximum Gasteiger partial charge on any atom is 0.338 e. The Kier molecular flexibility index (Phi) is 8.91. The zero-order valence-corrected chi connectivity index (χ0v) is 16.5. The monoisotopic (exact) mass is 442 g/mol. The minimum absolute atomic E-state index is 0.561. The topological polar surface area (TPSA) is 216 Å². The summed E-state index contributed by atoms with van der Waals surface area (Å²) in [6, 6.07) is 0. The second-order valence-corrected chi connectivity index (χ2v) is 7.53. The lowest BCUT2D eigenvalue weighted by Crippen LogP contribution is -2.66. The highest BCUT2D eigenvalue weighted by molar-refractivity contribution is 5.75. The average molecular weight is 442 g/mol. The van der Waals surface area contributed by atoms with Gasteiger partial charge < -0.3 is 59.8 Å². The van der Waals surface area contributed by atoms with Gasteiger partial charge in [-0.15, -0.1) is 0 Å². The van der Waals surface area contributed by atoms with Crippen LogP contribution in [0.4, 0.5) is 0 Å². The molecular weight excluding hydrogens is 412 g/mol. The highest BCUT2D eigenvalue weighted by Crippen LogP contribution is 2.30. The van der Waals surface area contributed by atoms with Gasteiger partial charge in [0.05, 0.1) is 19.3 Å². The fourth-order valence-corrected chi connectivity index (χ4v) is 3.32. The zero-order valence-electron chi connectivity index (χ0n) is 16.5. The lowest BCUT2D eigenvalue weighted by atomic mass is 9.91. The minimum atomic E-state index is -1.97. The van der Waals surface area contributed by atoms with Crippen LogP contribution in [0.15, 0.2) is 0 Å². The highest BCUT2D eigenvalue weighted by Gasteiger charge is 2.52. The van der Waals surface area contributed by atoms with E-state index in [0.29, 0.717) is 0 Å². The van der Waals surface area contributed by atoms with Gasteiger partial charge in [-0.05, 0) is 13.8 Å². The molecule has 0 radical (unpaired) electrons. The van der Waals surface area contributed by atoms with Crippen molar-refractivity contribution in [3.8, 4) is 0 Å². The van der Waals surface area contributed by atoms with Crippen molar-refractivity contribution in [3.63, 3.8) is 0 Å². The first kappa shape index (κ1) is 25.3. The van der Waals surface area contributed by atoms with Crippen molar-refractivity contribution in [2.45, 2.75) is 87.3 Å². The van der Waals surface area contributed by atoms with Gasteiger partial charge in [0, 0.05) is 0 Å². The van der Waals surface area contributed by atoms with Crippen LogP contribution in [0.1, 0.15) is 13.8 Å². The van der Waals surface area contributed by atoms with Crippen molar-refractivity contribution < 1.29 is 64.6 Å². The van der Waals surface area contributed by atoms with Crippen LogP contribution in [0.5, 0.6) is 0 Å². The molecule has 0 saturated carbocycles. The molecule has 2 heterocycles. The van der Waals surface area contributed by atoms with Gasteiger partial charge in [0.2, 0.25) is 0 Å². The number of carbonyl (C=O) groups is 1. The normalized spacial score (nSPS) is 43.4. The molecule has 0 aromatic carbocycles. The van der Waals surface area contributed by atoms with Crippen LogP contribution in [-0.4, -0.2) is 133 Å². The van der Waals surface area contributed by atoms with Crippen LogP contribution in [0.3, 0.4) is 0 Å². The summed E-state index contributed by atoms with van der Waals surface area (Å²) in [7, 11) is 0. The van der Waals surface area contributed by atoms with E-state index >= 15 is 0 Å². The SMILES string of the molecule is CC(C)OC(=O)C(O)C1O[C@H](CO)[C@@H](OC2O[C@H](CO)[C@H](O)[C@H](O)[C@H]2O)[C@H](O)[C@H]1O. The Morgan fingerprint density at radius 2 is 1.47 bits per heavy atom. The fourth-order valence-electron chi connectivity index (χ4n) is 3.32. The Hall–Kier alpha value is -0.970. The lowest BCUT2D eigenvalue weighted by molar-refractivity contribution is -0.344. The Morgan fingerprint density at radius 3 is 2.00 bits per heavy atom. The van der Waals surface area contributed by atoms with Gasteiger partial charge in [0.1, 0.15) is 54.9 Å². The molecule has 11 atom stereocenters. The number of aliphatic hydroxyl groups is 8. The molecule has 0 bridgehead atoms. The number of hydrogen-bond acceptors (Lipinski definition) is 13. The van der Waals surface area contributed by atoms with E-state index in [2.05, 4.69) is 0 Å². The maximum absolute atomic E-state index is 11.9. The third-order valence-corrected chi connectivity index (χ3v) is 4.95. The zero-order chi connectivity index (χ0) is 22.7.